The van der Waals surface area contributed by atoms with Crippen molar-refractivity contribution in [1.29, 1.82) is 0 Å². The lowest BCUT2D eigenvalue weighted by atomic mass is 10.2. The predicted octanol–water partition coefficient (Wildman–Crippen LogP) is 1.43. The first-order chi connectivity index (χ1) is 8.16. The van der Waals surface area contributed by atoms with Gasteiger partial charge in [0.15, 0.2) is 0 Å². The molecule has 1 aromatic rings. The molecule has 18 heavy (non-hydrogen) atoms. The van der Waals surface area contributed by atoms with Gasteiger partial charge in [0.2, 0.25) is 5.91 Å². The number of aryl methyl sites for hydroxylation is 1. The smallest absolute Gasteiger partial charge is 0.242 e. The van der Waals surface area contributed by atoms with Crippen molar-refractivity contribution in [3.63, 3.8) is 0 Å². The van der Waals surface area contributed by atoms with Crippen molar-refractivity contribution < 1.29 is 9.53 Å². The van der Waals surface area contributed by atoms with E-state index in [0.717, 1.165) is 6.54 Å². The number of likely N-dealkylation sites (N-methyl/N-ethyl adjacent to an activating group) is 1. The van der Waals surface area contributed by atoms with E-state index in [2.05, 4.69) is 24.4 Å². The molecule has 0 bridgehead atoms. The number of nitrogens with one attached hydrogen (secondary N) is 1. The Hall–Kier alpha value is -0.620. The molecule has 1 aliphatic heterocycles. The van der Waals surface area contributed by atoms with Crippen LogP contribution in [0.4, 0.5) is 0 Å². The van der Waals surface area contributed by atoms with Crippen molar-refractivity contribution >= 4 is 29.7 Å². The molecule has 1 aromatic heterocycles. The average Bonchev–Trinajstić information content (AvgIpc) is 2.75. The summed E-state index contributed by atoms with van der Waals surface area (Å²) >= 11 is 1.73. The number of rotatable bonds is 3. The number of hydrogen-bond donors (Lipinski definition) is 1. The van der Waals surface area contributed by atoms with Gasteiger partial charge in [-0.3, -0.25) is 4.79 Å². The lowest BCUT2D eigenvalue weighted by Gasteiger charge is -2.27. The zero-order chi connectivity index (χ0) is 12.3. The van der Waals surface area contributed by atoms with E-state index in [9.17, 15) is 4.79 Å². The van der Waals surface area contributed by atoms with Crippen molar-refractivity contribution in [2.24, 2.45) is 0 Å². The minimum absolute atomic E-state index is 0. The van der Waals surface area contributed by atoms with Gasteiger partial charge < -0.3 is 15.0 Å². The number of morpholine rings is 1. The number of ether oxygens (including phenoxy) is 1. The molecule has 4 nitrogen and oxygen atoms in total. The van der Waals surface area contributed by atoms with Crippen molar-refractivity contribution in [3.8, 4) is 0 Å². The van der Waals surface area contributed by atoms with Crippen molar-refractivity contribution in [1.82, 2.24) is 10.2 Å². The second-order valence-electron chi connectivity index (χ2n) is 4.29. The second kappa shape index (κ2) is 7.09. The van der Waals surface area contributed by atoms with Gasteiger partial charge in [0.1, 0.15) is 6.04 Å². The zero-order valence-corrected chi connectivity index (χ0v) is 12.3. The second-order valence-corrected chi connectivity index (χ2v) is 5.66. The predicted molar refractivity (Wildman–Crippen MR) is 75.4 cm³/mol. The third-order valence-corrected chi connectivity index (χ3v) is 3.77. The van der Waals surface area contributed by atoms with Crippen LogP contribution in [0.25, 0.3) is 0 Å². The molecule has 1 saturated heterocycles. The number of thiophene rings is 1. The Morgan fingerprint density at radius 3 is 2.94 bits per heavy atom. The Morgan fingerprint density at radius 1 is 1.61 bits per heavy atom. The van der Waals surface area contributed by atoms with Crippen LogP contribution in [0.2, 0.25) is 0 Å². The average molecular weight is 291 g/mol. The first-order valence-electron chi connectivity index (χ1n) is 5.78. The Bertz CT molecular complexity index is 391. The fraction of sp³-hybridized carbons (Fsp3) is 0.583. The lowest BCUT2D eigenvalue weighted by molar-refractivity contribution is -0.135. The molecule has 1 N–H and O–H groups in total. The molecule has 0 saturated carbocycles. The van der Waals surface area contributed by atoms with Crippen LogP contribution in [0, 0.1) is 6.92 Å². The summed E-state index contributed by atoms with van der Waals surface area (Å²) in [6.45, 7) is 4.68. The fourth-order valence-electron chi connectivity index (χ4n) is 1.87. The van der Waals surface area contributed by atoms with Crippen LogP contribution in [0.3, 0.4) is 0 Å². The van der Waals surface area contributed by atoms with E-state index in [1.807, 2.05) is 7.05 Å². The molecular formula is C12H19ClN2O2S. The number of halogens is 1. The largest absolute Gasteiger partial charge is 0.378 e. The van der Waals surface area contributed by atoms with E-state index in [0.29, 0.717) is 19.8 Å². The number of amides is 1. The first-order valence-corrected chi connectivity index (χ1v) is 6.60. The Balaban J connectivity index is 0.00000162. The minimum atomic E-state index is -0.185. The maximum atomic E-state index is 12.1. The Kier molecular flexibility index (Phi) is 6.08. The van der Waals surface area contributed by atoms with Crippen LogP contribution in [0.1, 0.15) is 9.75 Å². The molecule has 102 valence electrons. The molecule has 0 aliphatic carbocycles. The minimum Gasteiger partial charge on any atom is -0.378 e. The van der Waals surface area contributed by atoms with Gasteiger partial charge in [0.05, 0.1) is 19.8 Å². The van der Waals surface area contributed by atoms with Crippen molar-refractivity contribution in [2.45, 2.75) is 19.5 Å². The SMILES string of the molecule is Cc1ccc(CN(C)C(=O)C2COCCN2)s1.Cl. The normalized spacial score (nSPS) is 19.1. The fourth-order valence-corrected chi connectivity index (χ4v) is 2.82. The van der Waals surface area contributed by atoms with Gasteiger partial charge in [-0.2, -0.15) is 0 Å². The van der Waals surface area contributed by atoms with Crippen LogP contribution in [-0.4, -0.2) is 43.7 Å². The number of hydrogen-bond acceptors (Lipinski definition) is 4. The third-order valence-electron chi connectivity index (χ3n) is 2.78. The van der Waals surface area contributed by atoms with Gasteiger partial charge in [0, 0.05) is 23.3 Å². The molecule has 2 heterocycles. The number of nitrogens with zero attached hydrogens (tertiary/aromatic N) is 1. The molecule has 1 fully saturated rings. The molecular weight excluding hydrogens is 272 g/mol. The summed E-state index contributed by atoms with van der Waals surface area (Å²) < 4.78 is 5.30. The summed E-state index contributed by atoms with van der Waals surface area (Å²) in [6.07, 6.45) is 0. The van der Waals surface area contributed by atoms with Gasteiger partial charge in [0.25, 0.3) is 0 Å². The van der Waals surface area contributed by atoms with Crippen LogP contribution in [-0.2, 0) is 16.1 Å². The zero-order valence-electron chi connectivity index (χ0n) is 10.6. The molecule has 1 unspecified atom stereocenters. The van der Waals surface area contributed by atoms with E-state index in [-0.39, 0.29) is 24.4 Å². The molecule has 1 atom stereocenters. The third kappa shape index (κ3) is 3.95. The molecule has 1 amide bonds. The van der Waals surface area contributed by atoms with E-state index in [1.54, 1.807) is 16.2 Å². The van der Waals surface area contributed by atoms with Crippen LogP contribution < -0.4 is 5.32 Å². The van der Waals surface area contributed by atoms with Crippen LogP contribution >= 0.6 is 23.7 Å². The van der Waals surface area contributed by atoms with Gasteiger partial charge in [-0.05, 0) is 19.1 Å². The maximum absolute atomic E-state index is 12.1. The summed E-state index contributed by atoms with van der Waals surface area (Å²) in [5, 5.41) is 3.18. The number of carbonyl (C=O) groups is 1. The topological polar surface area (TPSA) is 41.6 Å². The molecule has 1 aliphatic rings. The highest BCUT2D eigenvalue weighted by atomic mass is 35.5. The van der Waals surface area contributed by atoms with Gasteiger partial charge in [-0.1, -0.05) is 0 Å². The van der Waals surface area contributed by atoms with Crippen LogP contribution in [0.15, 0.2) is 12.1 Å². The Morgan fingerprint density at radius 2 is 2.39 bits per heavy atom. The molecule has 2 rings (SSSR count). The van der Waals surface area contributed by atoms with E-state index < -0.39 is 0 Å². The van der Waals surface area contributed by atoms with E-state index in [4.69, 9.17) is 4.74 Å². The monoisotopic (exact) mass is 290 g/mol. The highest BCUT2D eigenvalue weighted by Crippen LogP contribution is 2.17. The number of carbonyl (C=O) groups excluding carboxylic acids is 1. The lowest BCUT2D eigenvalue weighted by Crippen LogP contribution is -2.51. The highest BCUT2D eigenvalue weighted by Gasteiger charge is 2.24. The van der Waals surface area contributed by atoms with Crippen LogP contribution in [0.5, 0.6) is 0 Å². The van der Waals surface area contributed by atoms with Crippen molar-refractivity contribution in [3.05, 3.63) is 21.9 Å². The summed E-state index contributed by atoms with van der Waals surface area (Å²) in [4.78, 5) is 16.4. The summed E-state index contributed by atoms with van der Waals surface area (Å²) in [6, 6.07) is 3.98. The summed E-state index contributed by atoms with van der Waals surface area (Å²) in [5.41, 5.74) is 0. The van der Waals surface area contributed by atoms with Crippen molar-refractivity contribution in [2.75, 3.05) is 26.8 Å². The maximum Gasteiger partial charge on any atom is 0.242 e. The molecule has 0 radical (unpaired) electrons. The van der Waals surface area contributed by atoms with E-state index in [1.165, 1.54) is 9.75 Å². The molecule has 6 heteroatoms. The van der Waals surface area contributed by atoms with Gasteiger partial charge in [-0.25, -0.2) is 0 Å². The molecule has 0 spiro atoms. The quantitative estimate of drug-likeness (QED) is 0.916. The summed E-state index contributed by atoms with van der Waals surface area (Å²) in [5.74, 6) is 0.107. The first kappa shape index (κ1) is 15.4. The molecule has 0 aromatic carbocycles. The summed E-state index contributed by atoms with van der Waals surface area (Å²) in [7, 11) is 1.84. The standard InChI is InChI=1S/C12H18N2O2S.ClH/c1-9-3-4-10(17-9)7-14(2)12(15)11-8-16-6-5-13-11;/h3-4,11,13H,5-8H2,1-2H3;1H. The van der Waals surface area contributed by atoms with Gasteiger partial charge in [-0.15, -0.1) is 23.7 Å². The van der Waals surface area contributed by atoms with E-state index >= 15 is 0 Å². The Labute approximate surface area is 118 Å². The van der Waals surface area contributed by atoms with Gasteiger partial charge >= 0.3 is 0 Å². The highest BCUT2D eigenvalue weighted by molar-refractivity contribution is 7.11.